The Morgan fingerprint density at radius 3 is 2.16 bits per heavy atom. The van der Waals surface area contributed by atoms with Crippen LogP contribution in [0.4, 0.5) is 10.1 Å². The molecule has 2 aromatic carbocycles. The van der Waals surface area contributed by atoms with Gasteiger partial charge in [0.1, 0.15) is 5.82 Å². The number of methoxy groups -OCH3 is 1. The molecule has 0 saturated carbocycles. The Hall–Kier alpha value is -2.36. The fraction of sp³-hybridized carbons (Fsp3) is 0.133. The molecule has 0 bridgehead atoms. The topological polar surface area (TPSA) is 52.3 Å². The van der Waals surface area contributed by atoms with Gasteiger partial charge >= 0.3 is 5.97 Å². The Morgan fingerprint density at radius 1 is 1.11 bits per heavy atom. The van der Waals surface area contributed by atoms with Gasteiger partial charge in [-0.2, -0.15) is 0 Å². The van der Waals surface area contributed by atoms with Crippen LogP contribution in [0.25, 0.3) is 0 Å². The summed E-state index contributed by atoms with van der Waals surface area (Å²) in [4.78, 5) is 10.8. The number of nitrogens with two attached hydrogens (primary N) is 1. The summed E-state index contributed by atoms with van der Waals surface area (Å²) in [5.41, 5.74) is 6.83. The minimum absolute atomic E-state index is 0.198. The third-order valence-corrected chi connectivity index (χ3v) is 2.29. The number of nitrogen functional groups attached to an aromatic ring is 1. The molecule has 0 heterocycles. The van der Waals surface area contributed by atoms with Gasteiger partial charge in [0.15, 0.2) is 0 Å². The normalized spacial score (nSPS) is 9.16. The third-order valence-electron chi connectivity index (χ3n) is 2.29. The lowest BCUT2D eigenvalue weighted by Gasteiger charge is -1.97. The first-order valence-electron chi connectivity index (χ1n) is 5.73. The highest BCUT2D eigenvalue weighted by molar-refractivity contribution is 5.72. The Bertz CT molecular complexity index is 476. The number of ether oxygens (including phenoxy) is 1. The van der Waals surface area contributed by atoms with E-state index >= 15 is 0 Å². The molecule has 0 amide bonds. The maximum Gasteiger partial charge on any atom is 0.309 e. The Balaban J connectivity index is 0.000000200. The van der Waals surface area contributed by atoms with Gasteiger partial charge in [0.2, 0.25) is 0 Å². The minimum Gasteiger partial charge on any atom is -0.469 e. The van der Waals surface area contributed by atoms with Gasteiger partial charge in [0, 0.05) is 5.69 Å². The van der Waals surface area contributed by atoms with Crippen LogP contribution in [0.1, 0.15) is 5.56 Å². The Morgan fingerprint density at radius 2 is 1.68 bits per heavy atom. The van der Waals surface area contributed by atoms with Gasteiger partial charge in [0.05, 0.1) is 13.5 Å². The molecule has 0 aliphatic carbocycles. The van der Waals surface area contributed by atoms with Crippen LogP contribution >= 0.6 is 0 Å². The lowest BCUT2D eigenvalue weighted by atomic mass is 10.2. The molecule has 0 unspecified atom stereocenters. The highest BCUT2D eigenvalue weighted by atomic mass is 19.1. The summed E-state index contributed by atoms with van der Waals surface area (Å²) in [5.74, 6) is -0.449. The van der Waals surface area contributed by atoms with Crippen LogP contribution < -0.4 is 5.73 Å². The van der Waals surface area contributed by atoms with Crippen molar-refractivity contribution in [3.8, 4) is 0 Å². The van der Waals surface area contributed by atoms with Crippen molar-refractivity contribution in [2.24, 2.45) is 0 Å². The molecular formula is C15H16FNO2. The molecule has 0 aromatic heterocycles. The molecule has 3 nitrogen and oxygen atoms in total. The second kappa shape index (κ2) is 7.87. The zero-order chi connectivity index (χ0) is 14.1. The van der Waals surface area contributed by atoms with Crippen molar-refractivity contribution < 1.29 is 13.9 Å². The van der Waals surface area contributed by atoms with Crippen molar-refractivity contribution in [3.63, 3.8) is 0 Å². The molecule has 0 aliphatic heterocycles. The van der Waals surface area contributed by atoms with Crippen molar-refractivity contribution in [2.75, 3.05) is 12.8 Å². The third kappa shape index (κ3) is 6.21. The minimum atomic E-state index is -0.251. The van der Waals surface area contributed by atoms with Crippen molar-refractivity contribution in [1.82, 2.24) is 0 Å². The van der Waals surface area contributed by atoms with Gasteiger partial charge in [-0.3, -0.25) is 4.79 Å². The Kier molecular flexibility index (Phi) is 6.09. The lowest BCUT2D eigenvalue weighted by Crippen LogP contribution is -2.03. The standard InChI is InChI=1S/C9H10O2.C6H6FN/c1-11-9(10)7-8-5-3-2-4-6-8;7-5-1-3-6(8)4-2-5/h2-6H,7H2,1H3;1-4H,8H2. The van der Waals surface area contributed by atoms with Crippen LogP contribution in [0.2, 0.25) is 0 Å². The largest absolute Gasteiger partial charge is 0.469 e. The summed E-state index contributed by atoms with van der Waals surface area (Å²) in [6, 6.07) is 15.2. The monoisotopic (exact) mass is 261 g/mol. The molecular weight excluding hydrogens is 245 g/mol. The van der Waals surface area contributed by atoms with Crippen LogP contribution in [0.5, 0.6) is 0 Å². The summed E-state index contributed by atoms with van der Waals surface area (Å²) in [7, 11) is 1.39. The number of hydrogen-bond acceptors (Lipinski definition) is 3. The van der Waals surface area contributed by atoms with E-state index in [-0.39, 0.29) is 11.8 Å². The summed E-state index contributed by atoms with van der Waals surface area (Å²) >= 11 is 0. The summed E-state index contributed by atoms with van der Waals surface area (Å²) in [6.07, 6.45) is 0.358. The van der Waals surface area contributed by atoms with Crippen molar-refractivity contribution in [3.05, 3.63) is 66.0 Å². The van der Waals surface area contributed by atoms with Gasteiger partial charge in [-0.25, -0.2) is 4.39 Å². The molecule has 0 fully saturated rings. The number of halogens is 1. The number of carbonyl (C=O) groups excluding carboxylic acids is 1. The summed E-state index contributed by atoms with van der Waals surface area (Å²) in [5, 5.41) is 0. The average Bonchev–Trinajstić information content (AvgIpc) is 2.44. The predicted molar refractivity (Wildman–Crippen MR) is 73.0 cm³/mol. The number of hydrogen-bond donors (Lipinski definition) is 1. The fourth-order valence-corrected chi connectivity index (χ4v) is 1.30. The average molecular weight is 261 g/mol. The van der Waals surface area contributed by atoms with Crippen LogP contribution in [-0.4, -0.2) is 13.1 Å². The maximum atomic E-state index is 12.0. The number of anilines is 1. The molecule has 0 saturated heterocycles. The molecule has 0 atom stereocenters. The smallest absolute Gasteiger partial charge is 0.309 e. The molecule has 0 aliphatic rings. The van der Waals surface area contributed by atoms with Crippen LogP contribution in [0.15, 0.2) is 54.6 Å². The van der Waals surface area contributed by atoms with Gasteiger partial charge < -0.3 is 10.5 Å². The Labute approximate surface area is 111 Å². The van der Waals surface area contributed by atoms with E-state index in [1.165, 1.54) is 31.4 Å². The summed E-state index contributed by atoms with van der Waals surface area (Å²) < 4.78 is 16.5. The lowest BCUT2D eigenvalue weighted by molar-refractivity contribution is -0.139. The fourth-order valence-electron chi connectivity index (χ4n) is 1.30. The van der Waals surface area contributed by atoms with E-state index in [1.807, 2.05) is 30.3 Å². The SMILES string of the molecule is COC(=O)Cc1ccccc1.Nc1ccc(F)cc1. The second-order valence-electron chi connectivity index (χ2n) is 3.79. The van der Waals surface area contributed by atoms with E-state index in [0.29, 0.717) is 12.1 Å². The van der Waals surface area contributed by atoms with Crippen LogP contribution in [0, 0.1) is 5.82 Å². The second-order valence-corrected chi connectivity index (χ2v) is 3.79. The molecule has 2 N–H and O–H groups in total. The van der Waals surface area contributed by atoms with Gasteiger partial charge in [-0.05, 0) is 29.8 Å². The van der Waals surface area contributed by atoms with Gasteiger partial charge in [-0.15, -0.1) is 0 Å². The molecule has 4 heteroatoms. The quantitative estimate of drug-likeness (QED) is 0.668. The van der Waals surface area contributed by atoms with Crippen LogP contribution in [0.3, 0.4) is 0 Å². The summed E-state index contributed by atoms with van der Waals surface area (Å²) in [6.45, 7) is 0. The first kappa shape index (κ1) is 14.7. The molecule has 2 rings (SSSR count). The number of rotatable bonds is 2. The number of carbonyl (C=O) groups is 1. The molecule has 19 heavy (non-hydrogen) atoms. The van der Waals surface area contributed by atoms with E-state index in [4.69, 9.17) is 5.73 Å². The number of esters is 1. The zero-order valence-electron chi connectivity index (χ0n) is 10.7. The van der Waals surface area contributed by atoms with E-state index in [0.717, 1.165) is 5.56 Å². The predicted octanol–water partition coefficient (Wildman–Crippen LogP) is 2.81. The molecule has 0 radical (unpaired) electrons. The van der Waals surface area contributed by atoms with E-state index in [9.17, 15) is 9.18 Å². The van der Waals surface area contributed by atoms with E-state index < -0.39 is 0 Å². The number of benzene rings is 2. The maximum absolute atomic E-state index is 12.0. The molecule has 100 valence electrons. The van der Waals surface area contributed by atoms with Crippen molar-refractivity contribution in [1.29, 1.82) is 0 Å². The van der Waals surface area contributed by atoms with E-state index in [2.05, 4.69) is 4.74 Å². The first-order valence-corrected chi connectivity index (χ1v) is 5.73. The first-order chi connectivity index (χ1) is 9.11. The highest BCUT2D eigenvalue weighted by Crippen LogP contribution is 2.02. The van der Waals surface area contributed by atoms with Crippen LogP contribution in [-0.2, 0) is 16.0 Å². The van der Waals surface area contributed by atoms with Gasteiger partial charge in [0.25, 0.3) is 0 Å². The van der Waals surface area contributed by atoms with Gasteiger partial charge in [-0.1, -0.05) is 30.3 Å². The highest BCUT2D eigenvalue weighted by Gasteiger charge is 1.99. The zero-order valence-corrected chi connectivity index (χ0v) is 10.7. The van der Waals surface area contributed by atoms with Crippen molar-refractivity contribution >= 4 is 11.7 Å². The molecule has 2 aromatic rings. The van der Waals surface area contributed by atoms with E-state index in [1.54, 1.807) is 0 Å². The molecule has 0 spiro atoms. The van der Waals surface area contributed by atoms with Crippen molar-refractivity contribution in [2.45, 2.75) is 6.42 Å².